The third-order valence-electron chi connectivity index (χ3n) is 2.65. The van der Waals surface area contributed by atoms with E-state index in [1.54, 1.807) is 0 Å². The van der Waals surface area contributed by atoms with E-state index in [1.165, 1.54) is 13.8 Å². The summed E-state index contributed by atoms with van der Waals surface area (Å²) >= 11 is 8.96. The minimum absolute atomic E-state index is 0.818. The first-order valence-corrected chi connectivity index (χ1v) is 5.50. The zero-order chi connectivity index (χ0) is 14.4. The Morgan fingerprint density at radius 2 is 1.22 bits per heavy atom. The second-order valence-corrected chi connectivity index (χ2v) is 3.90. The molecule has 0 amide bonds. The fourth-order valence-electron chi connectivity index (χ4n) is 1.29. The molecule has 0 heterocycles. The predicted molar refractivity (Wildman–Crippen MR) is 70.9 cm³/mol. The van der Waals surface area contributed by atoms with Gasteiger partial charge in [0.1, 0.15) is 0 Å². The van der Waals surface area contributed by atoms with Crippen molar-refractivity contribution in [2.24, 2.45) is 9.98 Å². The van der Waals surface area contributed by atoms with Crippen molar-refractivity contribution in [3.8, 4) is 0 Å². The van der Waals surface area contributed by atoms with Crippen LogP contribution in [0.2, 0.25) is 0 Å². The fraction of sp³-hybridized carbons (Fsp3) is 0.600. The van der Waals surface area contributed by atoms with Crippen LogP contribution >= 0.6 is 24.4 Å². The summed E-state index contributed by atoms with van der Waals surface area (Å²) in [4.78, 5) is 31.1. The first kappa shape index (κ1) is 16.5. The van der Waals surface area contributed by atoms with Crippen LogP contribution in [0.1, 0.15) is 13.8 Å². The molecule has 0 aliphatic carbocycles. The number of rotatable bonds is 5. The monoisotopic (exact) mass is 288 g/mol. The number of carbonyl (C=O) groups is 2. The van der Waals surface area contributed by atoms with Crippen LogP contribution in [-0.2, 0) is 19.1 Å². The lowest BCUT2D eigenvalue weighted by Crippen LogP contribution is -2.58. The maximum Gasteiger partial charge on any atom is 0.337 e. The summed E-state index contributed by atoms with van der Waals surface area (Å²) in [6.07, 6.45) is 0. The number of nitrogens with zero attached hydrogens (tertiary/aromatic N) is 2. The van der Waals surface area contributed by atoms with E-state index in [9.17, 15) is 9.59 Å². The van der Waals surface area contributed by atoms with Gasteiger partial charge in [0.15, 0.2) is 0 Å². The van der Waals surface area contributed by atoms with E-state index in [0.717, 1.165) is 14.2 Å². The van der Waals surface area contributed by atoms with Gasteiger partial charge in [0, 0.05) is 0 Å². The van der Waals surface area contributed by atoms with Crippen LogP contribution in [0.5, 0.6) is 0 Å². The van der Waals surface area contributed by atoms with Crippen LogP contribution in [0.3, 0.4) is 0 Å². The fourth-order valence-corrected chi connectivity index (χ4v) is 1.65. The Kier molecular flexibility index (Phi) is 5.94. The molecule has 0 aliphatic heterocycles. The molecular weight excluding hydrogens is 276 g/mol. The van der Waals surface area contributed by atoms with Crippen LogP contribution in [-0.4, -0.2) is 47.6 Å². The molecule has 6 nitrogen and oxygen atoms in total. The Bertz CT molecular complexity index is 413. The normalized spacial score (nSPS) is 16.0. The summed E-state index contributed by atoms with van der Waals surface area (Å²) in [6, 6.07) is 0. The van der Waals surface area contributed by atoms with Gasteiger partial charge in [-0.2, -0.15) is 0 Å². The summed E-state index contributed by atoms with van der Waals surface area (Å²) in [6.45, 7) is 2.65. The standard InChI is InChI=1S/C10H12N2O4S2/c1-9(11-5-17,7(13)15-3)10(2,12-6-18)8(14)16-4/h1-4H3/t9-,10+. The molecule has 0 unspecified atom stereocenters. The Morgan fingerprint density at radius 3 is 1.39 bits per heavy atom. The van der Waals surface area contributed by atoms with E-state index in [2.05, 4.69) is 43.9 Å². The van der Waals surface area contributed by atoms with Crippen molar-refractivity contribution in [3.05, 3.63) is 0 Å². The van der Waals surface area contributed by atoms with Crippen molar-refractivity contribution in [3.63, 3.8) is 0 Å². The molecule has 0 saturated heterocycles. The van der Waals surface area contributed by atoms with Gasteiger partial charge >= 0.3 is 11.9 Å². The summed E-state index contributed by atoms with van der Waals surface area (Å²) in [5.74, 6) is -1.64. The molecule has 0 saturated carbocycles. The highest BCUT2D eigenvalue weighted by Gasteiger charge is 2.58. The molecule has 0 aromatic carbocycles. The molecule has 0 aromatic rings. The van der Waals surface area contributed by atoms with Crippen molar-refractivity contribution < 1.29 is 19.1 Å². The van der Waals surface area contributed by atoms with E-state index < -0.39 is 23.0 Å². The SMILES string of the molecule is COC(=O)[C@](C)(N=C=S)[C@](C)(N=C=S)C(=O)OC. The lowest BCUT2D eigenvalue weighted by molar-refractivity contribution is -0.159. The van der Waals surface area contributed by atoms with Gasteiger partial charge in [-0.15, -0.1) is 0 Å². The summed E-state index contributed by atoms with van der Waals surface area (Å²) in [5.41, 5.74) is -3.47. The first-order valence-electron chi connectivity index (χ1n) is 4.69. The first-order chi connectivity index (χ1) is 8.33. The number of hydrogen-bond acceptors (Lipinski definition) is 8. The van der Waals surface area contributed by atoms with E-state index in [-0.39, 0.29) is 0 Å². The molecule has 0 N–H and O–H groups in total. The average Bonchev–Trinajstić information content (AvgIpc) is 2.36. The van der Waals surface area contributed by atoms with Crippen molar-refractivity contribution in [1.29, 1.82) is 0 Å². The maximum atomic E-state index is 11.8. The minimum atomic E-state index is -1.73. The molecule has 0 rings (SSSR count). The number of isothiocyanates is 2. The molecule has 0 fully saturated rings. The summed E-state index contributed by atoms with van der Waals surface area (Å²) in [7, 11) is 2.30. The average molecular weight is 288 g/mol. The van der Waals surface area contributed by atoms with Gasteiger partial charge < -0.3 is 9.47 Å². The lowest BCUT2D eigenvalue weighted by Gasteiger charge is -2.33. The molecule has 0 bridgehead atoms. The third kappa shape index (κ3) is 2.68. The van der Waals surface area contributed by atoms with Crippen LogP contribution in [0.25, 0.3) is 0 Å². The number of methoxy groups -OCH3 is 2. The van der Waals surface area contributed by atoms with Crippen LogP contribution in [0.15, 0.2) is 9.98 Å². The van der Waals surface area contributed by atoms with Gasteiger partial charge in [0.2, 0.25) is 11.1 Å². The van der Waals surface area contributed by atoms with Crippen LogP contribution < -0.4 is 0 Å². The molecule has 0 aromatic heterocycles. The van der Waals surface area contributed by atoms with E-state index in [0.29, 0.717) is 0 Å². The zero-order valence-electron chi connectivity index (χ0n) is 10.3. The second kappa shape index (κ2) is 6.47. The Balaban J connectivity index is 6.12. The highest BCUT2D eigenvalue weighted by atomic mass is 32.1. The van der Waals surface area contributed by atoms with Gasteiger partial charge in [-0.25, -0.2) is 19.6 Å². The topological polar surface area (TPSA) is 77.3 Å². The largest absolute Gasteiger partial charge is 0.467 e. The molecule has 2 atom stereocenters. The van der Waals surface area contributed by atoms with E-state index >= 15 is 0 Å². The van der Waals surface area contributed by atoms with Crippen LogP contribution in [0, 0.1) is 0 Å². The van der Waals surface area contributed by atoms with Gasteiger partial charge in [0.05, 0.1) is 24.5 Å². The Hall–Kier alpha value is -1.46. The molecule has 0 aliphatic rings. The minimum Gasteiger partial charge on any atom is -0.467 e. The van der Waals surface area contributed by atoms with Crippen molar-refractivity contribution in [2.75, 3.05) is 14.2 Å². The second-order valence-electron chi connectivity index (χ2n) is 3.53. The summed E-state index contributed by atoms with van der Waals surface area (Å²) in [5, 5.41) is 4.09. The number of hydrogen-bond donors (Lipinski definition) is 0. The molecule has 18 heavy (non-hydrogen) atoms. The number of esters is 2. The Morgan fingerprint density at radius 1 is 0.944 bits per heavy atom. The highest BCUT2D eigenvalue weighted by Crippen LogP contribution is 2.32. The zero-order valence-corrected chi connectivity index (χ0v) is 12.0. The van der Waals surface area contributed by atoms with Gasteiger partial charge in [0.25, 0.3) is 0 Å². The quantitative estimate of drug-likeness (QED) is 0.427. The number of ether oxygens (including phenoxy) is 2. The smallest absolute Gasteiger partial charge is 0.337 e. The van der Waals surface area contributed by atoms with Gasteiger partial charge in [-0.05, 0) is 38.3 Å². The number of aliphatic imine (C=N–C) groups is 2. The molecule has 8 heteroatoms. The van der Waals surface area contributed by atoms with E-state index in [4.69, 9.17) is 0 Å². The highest BCUT2D eigenvalue weighted by molar-refractivity contribution is 7.78. The van der Waals surface area contributed by atoms with E-state index in [1.807, 2.05) is 10.3 Å². The Labute approximate surface area is 115 Å². The van der Waals surface area contributed by atoms with Crippen molar-refractivity contribution in [2.45, 2.75) is 24.9 Å². The molecule has 0 spiro atoms. The van der Waals surface area contributed by atoms with Crippen LogP contribution in [0.4, 0.5) is 0 Å². The maximum absolute atomic E-state index is 11.8. The van der Waals surface area contributed by atoms with Crippen molar-refractivity contribution in [1.82, 2.24) is 0 Å². The third-order valence-corrected chi connectivity index (χ3v) is 2.83. The number of thiocarbonyl (C=S) groups is 2. The number of carbonyl (C=O) groups excluding carboxylic acids is 2. The molecule has 0 radical (unpaired) electrons. The molecular formula is C10H12N2O4S2. The van der Waals surface area contributed by atoms with Gasteiger partial charge in [-0.3, -0.25) is 0 Å². The lowest BCUT2D eigenvalue weighted by atomic mass is 9.80. The molecule has 98 valence electrons. The van der Waals surface area contributed by atoms with Gasteiger partial charge in [-0.1, -0.05) is 0 Å². The predicted octanol–water partition coefficient (Wildman–Crippen LogP) is 1.06. The van der Waals surface area contributed by atoms with Crippen molar-refractivity contribution >= 4 is 46.7 Å². The summed E-state index contributed by atoms with van der Waals surface area (Å²) < 4.78 is 9.21.